The van der Waals surface area contributed by atoms with Crippen molar-refractivity contribution in [3.05, 3.63) is 23.0 Å². The van der Waals surface area contributed by atoms with Gasteiger partial charge >= 0.3 is 0 Å². The number of carbonyl (C=O) groups excluding carboxylic acids is 1. The summed E-state index contributed by atoms with van der Waals surface area (Å²) < 4.78 is 1.86. The summed E-state index contributed by atoms with van der Waals surface area (Å²) in [6, 6.07) is 0. The van der Waals surface area contributed by atoms with Crippen LogP contribution in [0.4, 0.5) is 0 Å². The predicted molar refractivity (Wildman–Crippen MR) is 113 cm³/mol. The molecule has 28 heavy (non-hydrogen) atoms. The van der Waals surface area contributed by atoms with Crippen molar-refractivity contribution in [3.63, 3.8) is 0 Å². The predicted octanol–water partition coefficient (Wildman–Crippen LogP) is 5.72. The van der Waals surface area contributed by atoms with E-state index in [2.05, 4.69) is 31.2 Å². The van der Waals surface area contributed by atoms with Gasteiger partial charge in [-0.05, 0) is 92.6 Å². The Morgan fingerprint density at radius 1 is 1.11 bits per heavy atom. The van der Waals surface area contributed by atoms with Gasteiger partial charge in [-0.2, -0.15) is 5.10 Å². The molecule has 0 saturated heterocycles. The first-order valence-electron chi connectivity index (χ1n) is 11.6. The summed E-state index contributed by atoms with van der Waals surface area (Å²) in [6.45, 7) is 6.95. The molecule has 0 N–H and O–H groups in total. The number of rotatable bonds is 1. The molecule has 1 aromatic rings. The smallest absolute Gasteiger partial charge is 0.165 e. The molecule has 5 rings (SSSR count). The zero-order chi connectivity index (χ0) is 19.7. The average Bonchev–Trinajstić information content (AvgIpc) is 3.11. The van der Waals surface area contributed by atoms with Gasteiger partial charge in [-0.15, -0.1) is 0 Å². The highest BCUT2D eigenvalue weighted by Crippen LogP contribution is 2.66. The number of carbonyl (C=O) groups is 1. The minimum absolute atomic E-state index is 0.124. The van der Waals surface area contributed by atoms with Crippen LogP contribution in [0.25, 0.3) is 6.08 Å². The van der Waals surface area contributed by atoms with Crippen molar-refractivity contribution in [1.29, 1.82) is 0 Å². The molecular weight excluding hydrogens is 344 g/mol. The largest absolute Gasteiger partial charge is 0.294 e. The maximum absolute atomic E-state index is 13.5. The monoisotopic (exact) mass is 380 g/mol. The first kappa shape index (κ1) is 18.6. The van der Waals surface area contributed by atoms with Gasteiger partial charge in [0.05, 0.1) is 5.69 Å². The molecule has 0 aromatic carbocycles. The van der Waals surface area contributed by atoms with E-state index >= 15 is 0 Å². The Morgan fingerprint density at radius 3 is 2.68 bits per heavy atom. The van der Waals surface area contributed by atoms with Crippen LogP contribution >= 0.6 is 0 Å². The molecule has 0 amide bonds. The summed E-state index contributed by atoms with van der Waals surface area (Å²) in [5.74, 6) is 3.54. The van der Waals surface area contributed by atoms with E-state index < -0.39 is 0 Å². The van der Waals surface area contributed by atoms with Crippen molar-refractivity contribution in [1.82, 2.24) is 9.78 Å². The number of nitrogens with zero attached hydrogens (tertiary/aromatic N) is 2. The Bertz CT molecular complexity index is 836. The summed E-state index contributed by atoms with van der Waals surface area (Å²) in [5, 5.41) is 4.47. The second-order valence-electron chi connectivity index (χ2n) is 10.9. The molecule has 1 heterocycles. The summed E-state index contributed by atoms with van der Waals surface area (Å²) in [4.78, 5) is 13.5. The van der Waals surface area contributed by atoms with Crippen LogP contribution in [0, 0.1) is 41.4 Å². The van der Waals surface area contributed by atoms with Crippen LogP contribution in [-0.4, -0.2) is 15.6 Å². The van der Waals surface area contributed by atoms with Crippen LogP contribution in [0.3, 0.4) is 0 Å². The molecular formula is C25H36N2O. The standard InChI is InChI=1S/C25H36N2O/c1-16-18(15-27(4)26-16)13-17-14-22-20-9-8-19-7-5-6-11-24(19,2)21(20)10-12-25(22,3)23(17)28/h13,15,19-22H,5-12,14H2,1-4H3. The van der Waals surface area contributed by atoms with E-state index in [0.29, 0.717) is 17.1 Å². The molecule has 6 atom stereocenters. The fourth-order valence-electron chi connectivity index (χ4n) is 8.04. The molecule has 0 aliphatic heterocycles. The minimum Gasteiger partial charge on any atom is -0.294 e. The summed E-state index contributed by atoms with van der Waals surface area (Å²) in [7, 11) is 1.96. The van der Waals surface area contributed by atoms with Crippen LogP contribution in [0.1, 0.15) is 82.9 Å². The number of hydrogen-bond donors (Lipinski definition) is 0. The van der Waals surface area contributed by atoms with Crippen molar-refractivity contribution in [2.75, 3.05) is 0 Å². The van der Waals surface area contributed by atoms with Crippen molar-refractivity contribution in [2.24, 2.45) is 41.5 Å². The fraction of sp³-hybridized carbons (Fsp3) is 0.760. The first-order valence-corrected chi connectivity index (χ1v) is 11.6. The maximum atomic E-state index is 13.5. The summed E-state index contributed by atoms with van der Waals surface area (Å²) in [6.07, 6.45) is 16.1. The van der Waals surface area contributed by atoms with Gasteiger partial charge in [0.25, 0.3) is 0 Å². The maximum Gasteiger partial charge on any atom is 0.165 e. The van der Waals surface area contributed by atoms with E-state index in [9.17, 15) is 4.79 Å². The van der Waals surface area contributed by atoms with Crippen LogP contribution in [0.15, 0.2) is 11.8 Å². The van der Waals surface area contributed by atoms with E-state index in [-0.39, 0.29) is 5.41 Å². The second-order valence-corrected chi connectivity index (χ2v) is 10.9. The third-order valence-corrected chi connectivity index (χ3v) is 9.60. The third kappa shape index (κ3) is 2.53. The summed E-state index contributed by atoms with van der Waals surface area (Å²) >= 11 is 0. The van der Waals surface area contributed by atoms with Crippen molar-refractivity contribution >= 4 is 11.9 Å². The number of fused-ring (bicyclic) bond motifs is 5. The molecule has 0 spiro atoms. The van der Waals surface area contributed by atoms with Crippen LogP contribution < -0.4 is 0 Å². The molecule has 6 unspecified atom stereocenters. The van der Waals surface area contributed by atoms with E-state index in [1.807, 2.05) is 18.7 Å². The molecule has 3 heteroatoms. The molecule has 3 nitrogen and oxygen atoms in total. The Morgan fingerprint density at radius 2 is 1.93 bits per heavy atom. The SMILES string of the molecule is Cc1nn(C)cc1C=C1CC2C3CCC4CCCCC4(C)C3CCC2(C)C1=O. The number of aryl methyl sites for hydroxylation is 2. The molecule has 4 fully saturated rings. The molecule has 4 aliphatic carbocycles. The number of Topliss-reactive ketones (excluding diaryl/α,β-unsaturated/α-hetero) is 1. The van der Waals surface area contributed by atoms with E-state index in [1.165, 1.54) is 44.9 Å². The Kier molecular flexibility index (Phi) is 4.20. The minimum atomic E-state index is -0.124. The van der Waals surface area contributed by atoms with Crippen LogP contribution in [0.5, 0.6) is 0 Å². The average molecular weight is 381 g/mol. The highest BCUT2D eigenvalue weighted by Gasteiger charge is 2.60. The number of aromatic nitrogens is 2. The second kappa shape index (κ2) is 6.31. The van der Waals surface area contributed by atoms with Crippen molar-refractivity contribution in [3.8, 4) is 0 Å². The lowest BCUT2D eigenvalue weighted by Crippen LogP contribution is -2.52. The van der Waals surface area contributed by atoms with Gasteiger partial charge in [-0.1, -0.05) is 26.7 Å². The Balaban J connectivity index is 1.47. The van der Waals surface area contributed by atoms with E-state index in [4.69, 9.17) is 0 Å². The van der Waals surface area contributed by atoms with Crippen LogP contribution in [0.2, 0.25) is 0 Å². The zero-order valence-corrected chi connectivity index (χ0v) is 18.1. The van der Waals surface area contributed by atoms with Gasteiger partial charge in [0.2, 0.25) is 0 Å². The van der Waals surface area contributed by atoms with Crippen LogP contribution in [-0.2, 0) is 11.8 Å². The van der Waals surface area contributed by atoms with Gasteiger partial charge in [-0.3, -0.25) is 9.48 Å². The lowest BCUT2D eigenvalue weighted by Gasteiger charge is -2.59. The first-order chi connectivity index (χ1) is 13.3. The molecule has 4 aliphatic rings. The Hall–Kier alpha value is -1.38. The highest BCUT2D eigenvalue weighted by molar-refractivity contribution is 6.06. The number of allylic oxidation sites excluding steroid dienone is 1. The molecule has 152 valence electrons. The third-order valence-electron chi connectivity index (χ3n) is 9.60. The van der Waals surface area contributed by atoms with E-state index in [1.54, 1.807) is 0 Å². The highest BCUT2D eigenvalue weighted by atomic mass is 16.1. The number of ketones is 1. The van der Waals surface area contributed by atoms with Crippen molar-refractivity contribution in [2.45, 2.75) is 78.6 Å². The fourth-order valence-corrected chi connectivity index (χ4v) is 8.04. The molecule has 1 aromatic heterocycles. The Labute approximate surface area is 170 Å². The lowest BCUT2D eigenvalue weighted by atomic mass is 9.45. The van der Waals surface area contributed by atoms with Gasteiger partial charge in [0.15, 0.2) is 5.78 Å². The molecule has 4 saturated carbocycles. The van der Waals surface area contributed by atoms with Gasteiger partial charge in [0.1, 0.15) is 0 Å². The van der Waals surface area contributed by atoms with Gasteiger partial charge in [-0.25, -0.2) is 0 Å². The normalized spacial score (nSPS) is 44.3. The molecule has 0 bridgehead atoms. The quantitative estimate of drug-likeness (QED) is 0.584. The van der Waals surface area contributed by atoms with Crippen molar-refractivity contribution < 1.29 is 4.79 Å². The molecule has 0 radical (unpaired) electrons. The summed E-state index contributed by atoms with van der Waals surface area (Å²) in [5.41, 5.74) is 3.63. The lowest BCUT2D eigenvalue weighted by molar-refractivity contribution is -0.137. The zero-order valence-electron chi connectivity index (χ0n) is 18.1. The van der Waals surface area contributed by atoms with E-state index in [0.717, 1.165) is 47.4 Å². The van der Waals surface area contributed by atoms with Gasteiger partial charge in [0, 0.05) is 24.2 Å². The van der Waals surface area contributed by atoms with Gasteiger partial charge < -0.3 is 0 Å². The topological polar surface area (TPSA) is 34.9 Å². The number of hydrogen-bond acceptors (Lipinski definition) is 2.